The predicted molar refractivity (Wildman–Crippen MR) is 65.5 cm³/mol. The molecule has 0 aromatic carbocycles. The highest BCUT2D eigenvalue weighted by atomic mass is 32.1. The van der Waals surface area contributed by atoms with Gasteiger partial charge in [-0.3, -0.25) is 14.4 Å². The fourth-order valence-electron chi connectivity index (χ4n) is 1.22. The smallest absolute Gasteiger partial charge is 0.221 e. The standard InChI is InChI=1S/C11H19NO3S/c1-6(7(2)13)5-10(15)12-11(8(3)14)9(4)16/h6,9,11,16H,5H2,1-4H3,(H,12,15). The maximum absolute atomic E-state index is 11.5. The van der Waals surface area contributed by atoms with E-state index in [1.807, 2.05) is 0 Å². The number of nitrogens with one attached hydrogen (secondary N) is 1. The Morgan fingerprint density at radius 2 is 1.62 bits per heavy atom. The summed E-state index contributed by atoms with van der Waals surface area (Å²) in [5.41, 5.74) is 0. The van der Waals surface area contributed by atoms with Gasteiger partial charge in [0.15, 0.2) is 5.78 Å². The van der Waals surface area contributed by atoms with Crippen molar-refractivity contribution in [2.45, 2.75) is 45.4 Å². The van der Waals surface area contributed by atoms with Gasteiger partial charge in [0.25, 0.3) is 0 Å². The SMILES string of the molecule is CC(=O)C(C)CC(=O)NC(C(C)=O)C(C)S. The van der Waals surface area contributed by atoms with E-state index in [1.54, 1.807) is 13.8 Å². The number of hydrogen-bond acceptors (Lipinski definition) is 4. The Bertz CT molecular complexity index is 289. The van der Waals surface area contributed by atoms with Gasteiger partial charge in [-0.15, -0.1) is 0 Å². The molecule has 4 nitrogen and oxygen atoms in total. The topological polar surface area (TPSA) is 63.2 Å². The molecule has 3 unspecified atom stereocenters. The molecule has 3 atom stereocenters. The monoisotopic (exact) mass is 245 g/mol. The van der Waals surface area contributed by atoms with Crippen molar-refractivity contribution in [3.8, 4) is 0 Å². The summed E-state index contributed by atoms with van der Waals surface area (Å²) in [5, 5.41) is 2.34. The van der Waals surface area contributed by atoms with E-state index < -0.39 is 6.04 Å². The van der Waals surface area contributed by atoms with Crippen LogP contribution in [-0.2, 0) is 14.4 Å². The molecule has 0 heterocycles. The van der Waals surface area contributed by atoms with Crippen molar-refractivity contribution in [1.82, 2.24) is 5.32 Å². The minimum atomic E-state index is -0.588. The molecule has 0 radical (unpaired) electrons. The summed E-state index contributed by atoms with van der Waals surface area (Å²) in [5.74, 6) is -0.772. The largest absolute Gasteiger partial charge is 0.345 e. The fraction of sp³-hybridized carbons (Fsp3) is 0.727. The lowest BCUT2D eigenvalue weighted by Crippen LogP contribution is -2.45. The first-order valence-corrected chi connectivity index (χ1v) is 5.75. The number of carbonyl (C=O) groups excluding carboxylic acids is 3. The summed E-state index contributed by atoms with van der Waals surface area (Å²) < 4.78 is 0. The second-order valence-electron chi connectivity index (χ2n) is 4.11. The summed E-state index contributed by atoms with van der Waals surface area (Å²) in [6.07, 6.45) is 0.111. The average Bonchev–Trinajstić information content (AvgIpc) is 2.12. The van der Waals surface area contributed by atoms with Crippen molar-refractivity contribution in [2.75, 3.05) is 0 Å². The van der Waals surface area contributed by atoms with Crippen molar-refractivity contribution in [1.29, 1.82) is 0 Å². The summed E-state index contributed by atoms with van der Waals surface area (Å²) in [6, 6.07) is -0.588. The van der Waals surface area contributed by atoms with E-state index in [2.05, 4.69) is 17.9 Å². The van der Waals surface area contributed by atoms with Crippen molar-refractivity contribution < 1.29 is 14.4 Å². The van der Waals surface area contributed by atoms with Gasteiger partial charge >= 0.3 is 0 Å². The summed E-state index contributed by atoms with van der Waals surface area (Å²) in [7, 11) is 0. The van der Waals surface area contributed by atoms with Crippen LogP contribution in [0.2, 0.25) is 0 Å². The zero-order valence-corrected chi connectivity index (χ0v) is 11.0. The number of Topliss-reactive ketones (excluding diaryl/α,β-unsaturated/α-hetero) is 2. The summed E-state index contributed by atoms with van der Waals surface area (Å²) in [4.78, 5) is 33.7. The predicted octanol–water partition coefficient (Wildman–Crippen LogP) is 0.994. The van der Waals surface area contributed by atoms with Crippen LogP contribution in [0.4, 0.5) is 0 Å². The molecule has 1 N–H and O–H groups in total. The zero-order chi connectivity index (χ0) is 12.9. The quantitative estimate of drug-likeness (QED) is 0.686. The Balaban J connectivity index is 4.31. The lowest BCUT2D eigenvalue weighted by molar-refractivity contribution is -0.129. The second-order valence-corrected chi connectivity index (χ2v) is 4.93. The molecule has 0 bridgehead atoms. The first-order valence-electron chi connectivity index (χ1n) is 5.24. The third-order valence-electron chi connectivity index (χ3n) is 2.42. The van der Waals surface area contributed by atoms with Gasteiger partial charge in [0, 0.05) is 17.6 Å². The van der Waals surface area contributed by atoms with Crippen LogP contribution < -0.4 is 5.32 Å². The zero-order valence-electron chi connectivity index (χ0n) is 10.1. The number of carbonyl (C=O) groups is 3. The molecule has 16 heavy (non-hydrogen) atoms. The highest BCUT2D eigenvalue weighted by Gasteiger charge is 2.22. The normalized spacial score (nSPS) is 16.1. The molecule has 0 aromatic rings. The molecule has 0 aliphatic rings. The van der Waals surface area contributed by atoms with Crippen LogP contribution in [0, 0.1) is 5.92 Å². The lowest BCUT2D eigenvalue weighted by atomic mass is 10.0. The average molecular weight is 245 g/mol. The lowest BCUT2D eigenvalue weighted by Gasteiger charge is -2.19. The number of amides is 1. The maximum Gasteiger partial charge on any atom is 0.221 e. The molecule has 0 aromatic heterocycles. The van der Waals surface area contributed by atoms with E-state index in [4.69, 9.17) is 0 Å². The molecule has 0 aliphatic heterocycles. The van der Waals surface area contributed by atoms with Crippen LogP contribution in [0.15, 0.2) is 0 Å². The Morgan fingerprint density at radius 1 is 1.12 bits per heavy atom. The third kappa shape index (κ3) is 5.30. The highest BCUT2D eigenvalue weighted by Crippen LogP contribution is 2.06. The van der Waals surface area contributed by atoms with Crippen molar-refractivity contribution in [3.63, 3.8) is 0 Å². The minimum Gasteiger partial charge on any atom is -0.345 e. The van der Waals surface area contributed by atoms with E-state index in [1.165, 1.54) is 13.8 Å². The Kier molecular flexibility index (Phi) is 6.33. The fourth-order valence-corrected chi connectivity index (χ4v) is 1.50. The van der Waals surface area contributed by atoms with E-state index >= 15 is 0 Å². The Morgan fingerprint density at radius 3 is 1.94 bits per heavy atom. The van der Waals surface area contributed by atoms with Gasteiger partial charge in [-0.05, 0) is 13.8 Å². The van der Waals surface area contributed by atoms with Crippen molar-refractivity contribution in [2.24, 2.45) is 5.92 Å². The first kappa shape index (κ1) is 15.2. The molecule has 0 rings (SSSR count). The van der Waals surface area contributed by atoms with Gasteiger partial charge in [-0.1, -0.05) is 13.8 Å². The van der Waals surface area contributed by atoms with Crippen LogP contribution >= 0.6 is 12.6 Å². The van der Waals surface area contributed by atoms with Crippen molar-refractivity contribution >= 4 is 30.1 Å². The summed E-state index contributed by atoms with van der Waals surface area (Å²) >= 11 is 4.14. The molecule has 0 aliphatic carbocycles. The van der Waals surface area contributed by atoms with E-state index in [9.17, 15) is 14.4 Å². The molecule has 1 amide bonds. The first-order chi connectivity index (χ1) is 7.25. The van der Waals surface area contributed by atoms with E-state index in [-0.39, 0.29) is 35.1 Å². The van der Waals surface area contributed by atoms with Gasteiger partial charge in [-0.2, -0.15) is 12.6 Å². The Labute approximate surface area is 102 Å². The minimum absolute atomic E-state index is 0.0338. The number of thiol groups is 1. The molecule has 92 valence electrons. The van der Waals surface area contributed by atoms with Crippen LogP contribution in [-0.4, -0.2) is 28.8 Å². The van der Waals surface area contributed by atoms with E-state index in [0.29, 0.717) is 0 Å². The van der Waals surface area contributed by atoms with Crippen LogP contribution in [0.3, 0.4) is 0 Å². The molecule has 0 saturated carbocycles. The van der Waals surface area contributed by atoms with Gasteiger partial charge in [0.1, 0.15) is 5.78 Å². The van der Waals surface area contributed by atoms with E-state index in [0.717, 1.165) is 0 Å². The third-order valence-corrected chi connectivity index (χ3v) is 2.72. The van der Waals surface area contributed by atoms with Gasteiger partial charge in [0.2, 0.25) is 5.91 Å². The number of rotatable bonds is 6. The molecule has 0 fully saturated rings. The Hall–Kier alpha value is -0.840. The van der Waals surface area contributed by atoms with Gasteiger partial charge < -0.3 is 5.32 Å². The molecular weight excluding hydrogens is 226 g/mol. The van der Waals surface area contributed by atoms with Gasteiger partial charge in [0.05, 0.1) is 6.04 Å². The second kappa shape index (κ2) is 6.68. The molecule has 0 saturated heterocycles. The van der Waals surface area contributed by atoms with Crippen LogP contribution in [0.25, 0.3) is 0 Å². The number of hydrogen-bond donors (Lipinski definition) is 2. The van der Waals surface area contributed by atoms with Gasteiger partial charge in [-0.25, -0.2) is 0 Å². The molecule has 0 spiro atoms. The number of ketones is 2. The van der Waals surface area contributed by atoms with Crippen LogP contribution in [0.5, 0.6) is 0 Å². The highest BCUT2D eigenvalue weighted by molar-refractivity contribution is 7.81. The van der Waals surface area contributed by atoms with Crippen LogP contribution in [0.1, 0.15) is 34.1 Å². The molecular formula is C11H19NO3S. The summed E-state index contributed by atoms with van der Waals surface area (Å²) in [6.45, 7) is 6.28. The van der Waals surface area contributed by atoms with Crippen molar-refractivity contribution in [3.05, 3.63) is 0 Å². The maximum atomic E-state index is 11.5. The molecule has 5 heteroatoms.